The number of hydrogen-bond donors (Lipinski definition) is 2. The van der Waals surface area contributed by atoms with Crippen LogP contribution in [0.4, 0.5) is 5.69 Å². The zero-order valence-electron chi connectivity index (χ0n) is 17.4. The fourth-order valence-electron chi connectivity index (χ4n) is 3.13. The molecule has 0 bridgehead atoms. The number of rotatable bonds is 8. The van der Waals surface area contributed by atoms with Crippen LogP contribution in [-0.2, 0) is 14.8 Å². The summed E-state index contributed by atoms with van der Waals surface area (Å²) in [7, 11) is -3.70. The number of amides is 1. The van der Waals surface area contributed by atoms with Gasteiger partial charge in [-0.1, -0.05) is 59.1 Å². The van der Waals surface area contributed by atoms with E-state index < -0.39 is 10.0 Å². The lowest BCUT2D eigenvalue weighted by molar-refractivity contribution is -0.116. The van der Waals surface area contributed by atoms with Crippen molar-refractivity contribution < 1.29 is 13.2 Å². The third kappa shape index (κ3) is 6.66. The molecule has 0 saturated carbocycles. The van der Waals surface area contributed by atoms with E-state index >= 15 is 0 Å². The van der Waals surface area contributed by atoms with Crippen LogP contribution in [-0.4, -0.2) is 20.9 Å². The summed E-state index contributed by atoms with van der Waals surface area (Å²) in [6, 6.07) is 21.2. The van der Waals surface area contributed by atoms with Gasteiger partial charge in [-0.25, -0.2) is 13.1 Å². The summed E-state index contributed by atoms with van der Waals surface area (Å²) in [5, 5.41) is 3.45. The van der Waals surface area contributed by atoms with E-state index in [1.54, 1.807) is 36.4 Å². The van der Waals surface area contributed by atoms with Crippen molar-refractivity contribution in [3.8, 4) is 0 Å². The normalized spacial score (nSPS) is 12.4. The summed E-state index contributed by atoms with van der Waals surface area (Å²) >= 11 is 5.99. The highest BCUT2D eigenvalue weighted by atomic mass is 35.5. The summed E-state index contributed by atoms with van der Waals surface area (Å²) in [5.74, 6) is -0.554. The van der Waals surface area contributed by atoms with Crippen molar-refractivity contribution in [1.82, 2.24) is 4.72 Å². The van der Waals surface area contributed by atoms with Gasteiger partial charge >= 0.3 is 0 Å². The number of aryl methyl sites for hydroxylation is 2. The van der Waals surface area contributed by atoms with Crippen LogP contribution in [0.25, 0.3) is 0 Å². The first-order valence-electron chi connectivity index (χ1n) is 9.91. The number of nitrogens with one attached hydrogen (secondary N) is 2. The second kappa shape index (κ2) is 10.1. The van der Waals surface area contributed by atoms with Gasteiger partial charge in [0.2, 0.25) is 15.9 Å². The van der Waals surface area contributed by atoms with Gasteiger partial charge in [0.05, 0.1) is 4.90 Å². The van der Waals surface area contributed by atoms with Gasteiger partial charge in [-0.05, 0) is 55.8 Å². The van der Waals surface area contributed by atoms with Crippen LogP contribution < -0.4 is 10.0 Å². The fourth-order valence-corrected chi connectivity index (χ4v) is 4.33. The van der Waals surface area contributed by atoms with Gasteiger partial charge in [0, 0.05) is 29.6 Å². The summed E-state index contributed by atoms with van der Waals surface area (Å²) < 4.78 is 28.1. The Hall–Kier alpha value is -2.67. The smallest absolute Gasteiger partial charge is 0.240 e. The summed E-state index contributed by atoms with van der Waals surface area (Å²) in [6.07, 6.45) is 0.117. The lowest BCUT2D eigenvalue weighted by Crippen LogP contribution is -2.30. The molecular weight excluding hydrogens is 432 g/mol. The second-order valence-corrected chi connectivity index (χ2v) is 9.74. The number of halogens is 1. The quantitative estimate of drug-likeness (QED) is 0.498. The molecule has 3 aromatic carbocycles. The average Bonchev–Trinajstić information content (AvgIpc) is 2.74. The number of carbonyl (C=O) groups excluding carboxylic acids is 1. The maximum absolute atomic E-state index is 12.7. The van der Waals surface area contributed by atoms with Crippen molar-refractivity contribution >= 4 is 33.2 Å². The molecule has 0 heterocycles. The van der Waals surface area contributed by atoms with Gasteiger partial charge in [-0.15, -0.1) is 0 Å². The minimum Gasteiger partial charge on any atom is -0.326 e. The maximum atomic E-state index is 12.7. The number of carbonyl (C=O) groups is 1. The topological polar surface area (TPSA) is 75.3 Å². The largest absolute Gasteiger partial charge is 0.326 e. The predicted molar refractivity (Wildman–Crippen MR) is 125 cm³/mol. The highest BCUT2D eigenvalue weighted by Gasteiger charge is 2.21. The van der Waals surface area contributed by atoms with Gasteiger partial charge in [-0.3, -0.25) is 4.79 Å². The standard InChI is InChI=1S/C24H25ClN2O3S/c1-17-3-11-22(12-4-17)27-24(28)15-20(19-7-9-21(25)10-8-19)16-26-31(29,30)23-13-5-18(2)6-14-23/h3-14,20,26H,15-16H2,1-2H3,(H,27,28). The molecule has 31 heavy (non-hydrogen) atoms. The molecule has 2 N–H and O–H groups in total. The fraction of sp³-hybridized carbons (Fsp3) is 0.208. The van der Waals surface area contributed by atoms with Crippen molar-refractivity contribution in [2.75, 3.05) is 11.9 Å². The van der Waals surface area contributed by atoms with Crippen molar-refractivity contribution in [3.05, 3.63) is 94.5 Å². The zero-order chi connectivity index (χ0) is 22.4. The molecule has 7 heteroatoms. The molecule has 1 atom stereocenters. The molecule has 3 aromatic rings. The Morgan fingerprint density at radius 2 is 1.42 bits per heavy atom. The highest BCUT2D eigenvalue weighted by Crippen LogP contribution is 2.23. The van der Waals surface area contributed by atoms with Crippen LogP contribution in [0, 0.1) is 13.8 Å². The van der Waals surface area contributed by atoms with Gasteiger partial charge in [0.1, 0.15) is 0 Å². The third-order valence-electron chi connectivity index (χ3n) is 4.96. The first kappa shape index (κ1) is 23.0. The van der Waals surface area contributed by atoms with Crippen LogP contribution in [0.2, 0.25) is 5.02 Å². The minimum atomic E-state index is -3.70. The predicted octanol–water partition coefficient (Wildman–Crippen LogP) is 5.05. The van der Waals surface area contributed by atoms with E-state index in [1.807, 2.05) is 50.2 Å². The van der Waals surface area contributed by atoms with Gasteiger partial charge in [0.15, 0.2) is 0 Å². The number of anilines is 1. The Labute approximate surface area is 188 Å². The number of hydrogen-bond acceptors (Lipinski definition) is 3. The van der Waals surface area contributed by atoms with Crippen molar-refractivity contribution in [2.24, 2.45) is 0 Å². The van der Waals surface area contributed by atoms with E-state index in [0.717, 1.165) is 16.7 Å². The Kier molecular flexibility index (Phi) is 7.49. The van der Waals surface area contributed by atoms with Crippen molar-refractivity contribution in [3.63, 3.8) is 0 Å². The van der Waals surface area contributed by atoms with Crippen LogP contribution in [0.15, 0.2) is 77.7 Å². The Morgan fingerprint density at radius 3 is 2.00 bits per heavy atom. The SMILES string of the molecule is Cc1ccc(NC(=O)CC(CNS(=O)(=O)c2ccc(C)cc2)c2ccc(Cl)cc2)cc1. The molecule has 0 aliphatic carbocycles. The van der Waals surface area contributed by atoms with Gasteiger partial charge in [0.25, 0.3) is 0 Å². The molecule has 162 valence electrons. The van der Waals surface area contributed by atoms with Crippen LogP contribution in [0.3, 0.4) is 0 Å². The van der Waals surface area contributed by atoms with Crippen LogP contribution in [0.5, 0.6) is 0 Å². The second-order valence-electron chi connectivity index (χ2n) is 7.53. The van der Waals surface area contributed by atoms with E-state index in [4.69, 9.17) is 11.6 Å². The molecule has 0 radical (unpaired) electrons. The van der Waals surface area contributed by atoms with E-state index in [0.29, 0.717) is 10.7 Å². The average molecular weight is 457 g/mol. The zero-order valence-corrected chi connectivity index (χ0v) is 19.0. The van der Waals surface area contributed by atoms with E-state index in [1.165, 1.54) is 0 Å². The maximum Gasteiger partial charge on any atom is 0.240 e. The first-order chi connectivity index (χ1) is 14.7. The Morgan fingerprint density at radius 1 is 0.871 bits per heavy atom. The summed E-state index contributed by atoms with van der Waals surface area (Å²) in [5.41, 5.74) is 3.61. The molecule has 0 saturated heterocycles. The monoisotopic (exact) mass is 456 g/mol. The van der Waals surface area contributed by atoms with Gasteiger partial charge in [-0.2, -0.15) is 0 Å². The summed E-state index contributed by atoms with van der Waals surface area (Å²) in [4.78, 5) is 12.9. The van der Waals surface area contributed by atoms with Crippen molar-refractivity contribution in [1.29, 1.82) is 0 Å². The third-order valence-corrected chi connectivity index (χ3v) is 6.65. The molecule has 0 fully saturated rings. The highest BCUT2D eigenvalue weighted by molar-refractivity contribution is 7.89. The lowest BCUT2D eigenvalue weighted by Gasteiger charge is -2.18. The molecule has 0 aliphatic heterocycles. The molecule has 0 spiro atoms. The summed E-state index contributed by atoms with van der Waals surface area (Å²) in [6.45, 7) is 3.95. The van der Waals surface area contributed by atoms with Crippen molar-refractivity contribution in [2.45, 2.75) is 31.1 Å². The molecular formula is C24H25ClN2O3S. The van der Waals surface area contributed by atoms with Crippen LogP contribution in [0.1, 0.15) is 29.0 Å². The minimum absolute atomic E-state index is 0.0825. The van der Waals surface area contributed by atoms with Crippen LogP contribution >= 0.6 is 11.6 Å². The molecule has 1 unspecified atom stereocenters. The van der Waals surface area contributed by atoms with E-state index in [9.17, 15) is 13.2 Å². The molecule has 3 rings (SSSR count). The number of sulfonamides is 1. The van der Waals surface area contributed by atoms with Gasteiger partial charge < -0.3 is 5.32 Å². The lowest BCUT2D eigenvalue weighted by atomic mass is 9.95. The molecule has 5 nitrogen and oxygen atoms in total. The molecule has 1 amide bonds. The molecule has 0 aliphatic rings. The molecule has 0 aromatic heterocycles. The number of benzene rings is 3. The Balaban J connectivity index is 1.74. The first-order valence-corrected chi connectivity index (χ1v) is 11.8. The van der Waals surface area contributed by atoms with E-state index in [-0.39, 0.29) is 29.7 Å². The van der Waals surface area contributed by atoms with E-state index in [2.05, 4.69) is 10.0 Å². The Bertz CT molecular complexity index is 1130.